The minimum absolute atomic E-state index is 0.0465. The van der Waals surface area contributed by atoms with E-state index < -0.39 is 0 Å². The molecule has 2 fully saturated rings. The normalized spacial score (nSPS) is 31.1. The minimum atomic E-state index is 0.0465. The zero-order valence-corrected chi connectivity index (χ0v) is 11.4. The Morgan fingerprint density at radius 1 is 1.39 bits per heavy atom. The lowest BCUT2D eigenvalue weighted by Crippen LogP contribution is -2.43. The highest BCUT2D eigenvalue weighted by Gasteiger charge is 2.37. The van der Waals surface area contributed by atoms with Crippen molar-refractivity contribution >= 4 is 5.91 Å². The van der Waals surface area contributed by atoms with Crippen LogP contribution in [-0.4, -0.2) is 37.7 Å². The van der Waals surface area contributed by atoms with Gasteiger partial charge in [0.15, 0.2) is 0 Å². The van der Waals surface area contributed by atoms with Crippen molar-refractivity contribution in [2.75, 3.05) is 19.8 Å². The predicted octanol–water partition coefficient (Wildman–Crippen LogP) is 1.45. The number of hydrogen-bond acceptors (Lipinski definition) is 3. The summed E-state index contributed by atoms with van der Waals surface area (Å²) in [4.78, 5) is 12.0. The Labute approximate surface area is 110 Å². The number of carbonyl (C=O) groups excluding carboxylic acids is 1. The highest BCUT2D eigenvalue weighted by Crippen LogP contribution is 2.33. The van der Waals surface area contributed by atoms with Crippen LogP contribution < -0.4 is 10.6 Å². The molecule has 104 valence electrons. The third-order valence-corrected chi connectivity index (χ3v) is 4.15. The first-order valence-corrected chi connectivity index (χ1v) is 7.42. The largest absolute Gasteiger partial charge is 0.382 e. The van der Waals surface area contributed by atoms with Gasteiger partial charge in [0.1, 0.15) is 0 Å². The standard InChI is InChI=1S/C14H26N2O2/c1-2-18-9-5-8-15-14(17)13-10-11-6-3-4-7-12(11)16-13/h11-13,16H,2-10H2,1H3,(H,15,17). The fraction of sp³-hybridized carbons (Fsp3) is 0.929. The van der Waals surface area contributed by atoms with Gasteiger partial charge in [0.2, 0.25) is 5.91 Å². The maximum atomic E-state index is 12.0. The third kappa shape index (κ3) is 3.69. The van der Waals surface area contributed by atoms with Crippen LogP contribution in [-0.2, 0) is 9.53 Å². The molecule has 0 spiro atoms. The van der Waals surface area contributed by atoms with E-state index in [1.807, 2.05) is 6.92 Å². The summed E-state index contributed by atoms with van der Waals surface area (Å²) in [5.74, 6) is 0.916. The Hall–Kier alpha value is -0.610. The van der Waals surface area contributed by atoms with Crippen LogP contribution in [0.3, 0.4) is 0 Å². The molecule has 3 atom stereocenters. The summed E-state index contributed by atoms with van der Waals surface area (Å²) in [7, 11) is 0. The molecule has 1 aliphatic heterocycles. The molecule has 1 amide bonds. The maximum absolute atomic E-state index is 12.0. The van der Waals surface area contributed by atoms with Crippen LogP contribution in [0.15, 0.2) is 0 Å². The van der Waals surface area contributed by atoms with Crippen LogP contribution in [0.1, 0.15) is 45.4 Å². The van der Waals surface area contributed by atoms with Crippen molar-refractivity contribution in [1.82, 2.24) is 10.6 Å². The van der Waals surface area contributed by atoms with Crippen LogP contribution in [0.5, 0.6) is 0 Å². The van der Waals surface area contributed by atoms with Crippen molar-refractivity contribution < 1.29 is 9.53 Å². The van der Waals surface area contributed by atoms with Crippen LogP contribution in [0, 0.1) is 5.92 Å². The molecule has 4 nitrogen and oxygen atoms in total. The molecule has 1 saturated carbocycles. The van der Waals surface area contributed by atoms with Gasteiger partial charge in [0.25, 0.3) is 0 Å². The molecule has 1 heterocycles. The van der Waals surface area contributed by atoms with Crippen LogP contribution in [0.4, 0.5) is 0 Å². The molecule has 1 aliphatic carbocycles. The molecule has 4 heteroatoms. The molecule has 0 bridgehead atoms. The summed E-state index contributed by atoms with van der Waals surface area (Å²) in [6.07, 6.45) is 7.13. The van der Waals surface area contributed by atoms with Crippen LogP contribution in [0.2, 0.25) is 0 Å². The Morgan fingerprint density at radius 2 is 2.22 bits per heavy atom. The van der Waals surface area contributed by atoms with E-state index in [1.54, 1.807) is 0 Å². The summed E-state index contributed by atoms with van der Waals surface area (Å²) < 4.78 is 5.25. The Kier molecular flexibility index (Phi) is 5.45. The van der Waals surface area contributed by atoms with E-state index in [9.17, 15) is 4.79 Å². The third-order valence-electron chi connectivity index (χ3n) is 4.15. The van der Waals surface area contributed by atoms with Gasteiger partial charge in [-0.3, -0.25) is 4.79 Å². The number of ether oxygens (including phenoxy) is 1. The van der Waals surface area contributed by atoms with Gasteiger partial charge < -0.3 is 15.4 Å². The molecule has 0 aromatic carbocycles. The molecular formula is C14H26N2O2. The second-order valence-corrected chi connectivity index (χ2v) is 5.45. The molecular weight excluding hydrogens is 228 g/mol. The van der Waals surface area contributed by atoms with Crippen molar-refractivity contribution in [2.24, 2.45) is 5.92 Å². The molecule has 0 aromatic rings. The molecule has 2 aliphatic rings. The van der Waals surface area contributed by atoms with E-state index in [1.165, 1.54) is 25.7 Å². The average Bonchev–Trinajstić information content (AvgIpc) is 2.82. The van der Waals surface area contributed by atoms with E-state index >= 15 is 0 Å². The number of fused-ring (bicyclic) bond motifs is 1. The van der Waals surface area contributed by atoms with Gasteiger partial charge in [-0.05, 0) is 38.5 Å². The maximum Gasteiger partial charge on any atom is 0.237 e. The monoisotopic (exact) mass is 254 g/mol. The molecule has 0 aromatic heterocycles. The lowest BCUT2D eigenvalue weighted by atomic mass is 9.85. The number of rotatable bonds is 6. The van der Waals surface area contributed by atoms with Crippen molar-refractivity contribution in [3.8, 4) is 0 Å². The van der Waals surface area contributed by atoms with E-state index in [0.717, 1.165) is 38.5 Å². The second-order valence-electron chi connectivity index (χ2n) is 5.45. The Bertz CT molecular complexity index is 257. The van der Waals surface area contributed by atoms with E-state index in [2.05, 4.69) is 10.6 Å². The van der Waals surface area contributed by atoms with Gasteiger partial charge >= 0.3 is 0 Å². The van der Waals surface area contributed by atoms with E-state index in [-0.39, 0.29) is 11.9 Å². The Morgan fingerprint density at radius 3 is 3.00 bits per heavy atom. The van der Waals surface area contributed by atoms with Crippen molar-refractivity contribution in [1.29, 1.82) is 0 Å². The number of nitrogens with one attached hydrogen (secondary N) is 2. The van der Waals surface area contributed by atoms with Crippen molar-refractivity contribution in [3.63, 3.8) is 0 Å². The quantitative estimate of drug-likeness (QED) is 0.705. The Balaban J connectivity index is 1.64. The summed E-state index contributed by atoms with van der Waals surface area (Å²) in [6, 6.07) is 0.642. The fourth-order valence-electron chi connectivity index (χ4n) is 3.17. The van der Waals surface area contributed by atoms with Crippen LogP contribution >= 0.6 is 0 Å². The molecule has 2 rings (SSSR count). The lowest BCUT2D eigenvalue weighted by Gasteiger charge is -2.24. The first-order chi connectivity index (χ1) is 8.81. The smallest absolute Gasteiger partial charge is 0.237 e. The zero-order chi connectivity index (χ0) is 12.8. The van der Waals surface area contributed by atoms with Gasteiger partial charge in [-0.25, -0.2) is 0 Å². The van der Waals surface area contributed by atoms with Gasteiger partial charge in [-0.1, -0.05) is 12.8 Å². The molecule has 0 radical (unpaired) electrons. The second kappa shape index (κ2) is 7.10. The summed E-state index contributed by atoms with van der Waals surface area (Å²) in [6.45, 7) is 4.21. The SMILES string of the molecule is CCOCCCNC(=O)C1CC2CCCCC2N1. The number of carbonyl (C=O) groups is 1. The predicted molar refractivity (Wildman–Crippen MR) is 71.4 cm³/mol. The zero-order valence-electron chi connectivity index (χ0n) is 11.4. The first-order valence-electron chi connectivity index (χ1n) is 7.42. The van der Waals surface area contributed by atoms with Gasteiger partial charge in [-0.15, -0.1) is 0 Å². The molecule has 3 unspecified atom stereocenters. The summed E-state index contributed by atoms with van der Waals surface area (Å²) in [5, 5.41) is 6.51. The highest BCUT2D eigenvalue weighted by molar-refractivity contribution is 5.82. The summed E-state index contributed by atoms with van der Waals surface area (Å²) >= 11 is 0. The van der Waals surface area contributed by atoms with Crippen molar-refractivity contribution in [2.45, 2.75) is 57.5 Å². The van der Waals surface area contributed by atoms with Gasteiger partial charge in [0, 0.05) is 25.8 Å². The van der Waals surface area contributed by atoms with Gasteiger partial charge in [0.05, 0.1) is 6.04 Å². The molecule has 1 saturated heterocycles. The number of amides is 1. The van der Waals surface area contributed by atoms with E-state index in [4.69, 9.17) is 4.74 Å². The van der Waals surface area contributed by atoms with E-state index in [0.29, 0.717) is 6.04 Å². The lowest BCUT2D eigenvalue weighted by molar-refractivity contribution is -0.122. The average molecular weight is 254 g/mol. The minimum Gasteiger partial charge on any atom is -0.382 e. The molecule has 2 N–H and O–H groups in total. The highest BCUT2D eigenvalue weighted by atomic mass is 16.5. The van der Waals surface area contributed by atoms with Crippen LogP contribution in [0.25, 0.3) is 0 Å². The fourth-order valence-corrected chi connectivity index (χ4v) is 3.17. The number of hydrogen-bond donors (Lipinski definition) is 2. The molecule has 18 heavy (non-hydrogen) atoms. The first kappa shape index (κ1) is 13.8. The van der Waals surface area contributed by atoms with Gasteiger partial charge in [-0.2, -0.15) is 0 Å². The van der Waals surface area contributed by atoms with Crippen molar-refractivity contribution in [3.05, 3.63) is 0 Å². The topological polar surface area (TPSA) is 50.4 Å². The summed E-state index contributed by atoms with van der Waals surface area (Å²) in [5.41, 5.74) is 0.